The average Bonchev–Trinajstić information content (AvgIpc) is 2.13. The van der Waals surface area contributed by atoms with Gasteiger partial charge < -0.3 is 15.2 Å². The van der Waals surface area contributed by atoms with Crippen molar-refractivity contribution >= 4 is 5.69 Å². The van der Waals surface area contributed by atoms with Crippen LogP contribution in [-0.4, -0.2) is 29.2 Å². The van der Waals surface area contributed by atoms with Gasteiger partial charge in [-0.05, 0) is 12.1 Å². The van der Waals surface area contributed by atoms with Crippen molar-refractivity contribution in [2.24, 2.45) is 0 Å². The van der Waals surface area contributed by atoms with Crippen molar-refractivity contribution in [3.63, 3.8) is 0 Å². The first kappa shape index (κ1) is 9.72. The number of nitro benzene ring substituents is 1. The summed E-state index contributed by atoms with van der Waals surface area (Å²) in [7, 11) is 0. The standard InChI is InChI=1S/C9H10N2O4/c12-9-2-1-6(3-8(9)11(13)14)15-7-4-10-5-7/h1-3,7,10,12H,4-5H2. The highest BCUT2D eigenvalue weighted by Gasteiger charge is 2.20. The molecule has 0 aliphatic carbocycles. The molecule has 2 rings (SSSR count). The second-order valence-electron chi connectivity index (χ2n) is 3.31. The van der Waals surface area contributed by atoms with Crippen LogP contribution in [-0.2, 0) is 0 Å². The van der Waals surface area contributed by atoms with Gasteiger partial charge in [0.1, 0.15) is 11.9 Å². The highest BCUT2D eigenvalue weighted by molar-refractivity contribution is 5.49. The van der Waals surface area contributed by atoms with Crippen molar-refractivity contribution in [2.75, 3.05) is 13.1 Å². The summed E-state index contributed by atoms with van der Waals surface area (Å²) in [6, 6.07) is 4.01. The molecular formula is C9H10N2O4. The second-order valence-corrected chi connectivity index (χ2v) is 3.31. The summed E-state index contributed by atoms with van der Waals surface area (Å²) in [5.74, 6) is 0.0603. The number of nitrogens with zero attached hydrogens (tertiary/aromatic N) is 1. The smallest absolute Gasteiger partial charge is 0.314 e. The lowest BCUT2D eigenvalue weighted by molar-refractivity contribution is -0.386. The first-order valence-electron chi connectivity index (χ1n) is 4.51. The number of hydrogen-bond acceptors (Lipinski definition) is 5. The Morgan fingerprint density at radius 3 is 2.80 bits per heavy atom. The monoisotopic (exact) mass is 210 g/mol. The van der Waals surface area contributed by atoms with Crippen LogP contribution in [0.3, 0.4) is 0 Å². The number of nitrogens with one attached hydrogen (secondary N) is 1. The molecule has 0 amide bonds. The van der Waals surface area contributed by atoms with Gasteiger partial charge in [-0.3, -0.25) is 10.1 Å². The van der Waals surface area contributed by atoms with E-state index >= 15 is 0 Å². The molecule has 0 unspecified atom stereocenters. The van der Waals surface area contributed by atoms with E-state index in [4.69, 9.17) is 4.74 Å². The quantitative estimate of drug-likeness (QED) is 0.565. The Kier molecular flexibility index (Phi) is 2.42. The van der Waals surface area contributed by atoms with E-state index in [0.29, 0.717) is 5.75 Å². The first-order valence-corrected chi connectivity index (χ1v) is 4.51. The van der Waals surface area contributed by atoms with Crippen molar-refractivity contribution in [3.8, 4) is 11.5 Å². The normalized spacial score (nSPS) is 15.7. The van der Waals surface area contributed by atoms with Gasteiger partial charge in [0.15, 0.2) is 5.75 Å². The van der Waals surface area contributed by atoms with Gasteiger partial charge in [-0.15, -0.1) is 0 Å². The first-order chi connectivity index (χ1) is 7.16. The second kappa shape index (κ2) is 3.74. The van der Waals surface area contributed by atoms with Crippen LogP contribution < -0.4 is 10.1 Å². The molecule has 1 saturated heterocycles. The highest BCUT2D eigenvalue weighted by atomic mass is 16.6. The third kappa shape index (κ3) is 1.99. The predicted molar refractivity (Wildman–Crippen MR) is 52.0 cm³/mol. The number of ether oxygens (including phenoxy) is 1. The number of phenolic OH excluding ortho intramolecular Hbond substituents is 1. The molecule has 0 spiro atoms. The lowest BCUT2D eigenvalue weighted by atomic mass is 10.2. The Labute approximate surface area is 85.6 Å². The zero-order valence-electron chi connectivity index (χ0n) is 7.84. The highest BCUT2D eigenvalue weighted by Crippen LogP contribution is 2.30. The van der Waals surface area contributed by atoms with Crippen LogP contribution in [0.5, 0.6) is 11.5 Å². The number of phenols is 1. The Bertz CT molecular complexity index is 390. The maximum atomic E-state index is 10.5. The van der Waals surface area contributed by atoms with Gasteiger partial charge in [-0.1, -0.05) is 0 Å². The number of rotatable bonds is 3. The lowest BCUT2D eigenvalue weighted by Crippen LogP contribution is -2.50. The molecule has 80 valence electrons. The SMILES string of the molecule is O=[N+]([O-])c1cc(OC2CNC2)ccc1O. The fraction of sp³-hybridized carbons (Fsp3) is 0.333. The molecule has 0 saturated carbocycles. The zero-order chi connectivity index (χ0) is 10.8. The van der Waals surface area contributed by atoms with Crippen molar-refractivity contribution in [1.29, 1.82) is 0 Å². The fourth-order valence-electron chi connectivity index (χ4n) is 1.26. The summed E-state index contributed by atoms with van der Waals surface area (Å²) in [6.45, 7) is 1.49. The molecular weight excluding hydrogens is 200 g/mol. The fourth-order valence-corrected chi connectivity index (χ4v) is 1.26. The van der Waals surface area contributed by atoms with Crippen LogP contribution in [0, 0.1) is 10.1 Å². The number of nitro groups is 1. The molecule has 0 bridgehead atoms. The number of benzene rings is 1. The van der Waals surface area contributed by atoms with Gasteiger partial charge in [0.2, 0.25) is 0 Å². The molecule has 2 N–H and O–H groups in total. The van der Waals surface area contributed by atoms with Crippen LogP contribution in [0.15, 0.2) is 18.2 Å². The van der Waals surface area contributed by atoms with E-state index in [-0.39, 0.29) is 17.5 Å². The average molecular weight is 210 g/mol. The van der Waals surface area contributed by atoms with E-state index in [9.17, 15) is 15.2 Å². The van der Waals surface area contributed by atoms with E-state index < -0.39 is 4.92 Å². The third-order valence-electron chi connectivity index (χ3n) is 2.19. The van der Waals surface area contributed by atoms with Crippen molar-refractivity contribution in [2.45, 2.75) is 6.10 Å². The number of aromatic hydroxyl groups is 1. The Balaban J connectivity index is 2.17. The molecule has 0 radical (unpaired) electrons. The van der Waals surface area contributed by atoms with E-state index in [1.807, 2.05) is 0 Å². The van der Waals surface area contributed by atoms with Gasteiger partial charge >= 0.3 is 5.69 Å². The summed E-state index contributed by atoms with van der Waals surface area (Å²) in [5, 5.41) is 22.7. The third-order valence-corrected chi connectivity index (χ3v) is 2.19. The molecule has 0 aromatic heterocycles. The minimum atomic E-state index is -0.638. The van der Waals surface area contributed by atoms with Gasteiger partial charge in [0.25, 0.3) is 0 Å². The molecule has 1 aliphatic heterocycles. The van der Waals surface area contributed by atoms with E-state index in [1.54, 1.807) is 0 Å². The van der Waals surface area contributed by atoms with E-state index in [1.165, 1.54) is 18.2 Å². The van der Waals surface area contributed by atoms with E-state index in [2.05, 4.69) is 5.32 Å². The molecule has 6 nitrogen and oxygen atoms in total. The largest absolute Gasteiger partial charge is 0.502 e. The predicted octanol–water partition coefficient (Wildman–Crippen LogP) is 0.651. The molecule has 1 aliphatic rings. The minimum Gasteiger partial charge on any atom is -0.502 e. The summed E-state index contributed by atoms with van der Waals surface area (Å²) < 4.78 is 5.42. The molecule has 1 aromatic rings. The molecule has 1 aromatic carbocycles. The molecule has 15 heavy (non-hydrogen) atoms. The molecule has 6 heteroatoms. The van der Waals surface area contributed by atoms with Crippen molar-refractivity contribution < 1.29 is 14.8 Å². The summed E-state index contributed by atoms with van der Waals surface area (Å²) in [5.41, 5.74) is -0.334. The molecule has 1 heterocycles. The zero-order valence-corrected chi connectivity index (χ0v) is 7.84. The van der Waals surface area contributed by atoms with Crippen LogP contribution in [0.25, 0.3) is 0 Å². The Hall–Kier alpha value is -1.82. The van der Waals surface area contributed by atoms with Gasteiger partial charge in [0.05, 0.1) is 11.0 Å². The Morgan fingerprint density at radius 1 is 1.53 bits per heavy atom. The summed E-state index contributed by atoms with van der Waals surface area (Å²) in [6.07, 6.45) is 0.0640. The van der Waals surface area contributed by atoms with Gasteiger partial charge in [-0.2, -0.15) is 0 Å². The lowest BCUT2D eigenvalue weighted by Gasteiger charge is -2.27. The van der Waals surface area contributed by atoms with Crippen LogP contribution in [0.4, 0.5) is 5.69 Å². The van der Waals surface area contributed by atoms with Crippen LogP contribution in [0.1, 0.15) is 0 Å². The summed E-state index contributed by atoms with van der Waals surface area (Å²) in [4.78, 5) is 9.88. The van der Waals surface area contributed by atoms with Crippen molar-refractivity contribution in [1.82, 2.24) is 5.32 Å². The van der Waals surface area contributed by atoms with Gasteiger partial charge in [-0.25, -0.2) is 0 Å². The topological polar surface area (TPSA) is 84.6 Å². The van der Waals surface area contributed by atoms with E-state index in [0.717, 1.165) is 13.1 Å². The number of hydrogen-bond donors (Lipinski definition) is 2. The molecule has 0 atom stereocenters. The van der Waals surface area contributed by atoms with Crippen molar-refractivity contribution in [3.05, 3.63) is 28.3 Å². The minimum absolute atomic E-state index is 0.0640. The van der Waals surface area contributed by atoms with Crippen LogP contribution in [0.2, 0.25) is 0 Å². The van der Waals surface area contributed by atoms with Crippen LogP contribution >= 0.6 is 0 Å². The molecule has 1 fully saturated rings. The van der Waals surface area contributed by atoms with Gasteiger partial charge in [0, 0.05) is 13.1 Å². The maximum Gasteiger partial charge on any atom is 0.314 e. The Morgan fingerprint density at radius 2 is 2.27 bits per heavy atom. The maximum absolute atomic E-state index is 10.5. The summed E-state index contributed by atoms with van der Waals surface area (Å²) >= 11 is 0.